The van der Waals surface area contributed by atoms with E-state index < -0.39 is 12.0 Å². The van der Waals surface area contributed by atoms with E-state index in [9.17, 15) is 14.7 Å². The molecule has 3 heterocycles. The number of carboxylic acid groups (broad SMARTS) is 1. The molecule has 1 saturated heterocycles. The summed E-state index contributed by atoms with van der Waals surface area (Å²) < 4.78 is 1.51. The molecule has 1 aliphatic heterocycles. The van der Waals surface area contributed by atoms with Crippen LogP contribution in [0.3, 0.4) is 0 Å². The van der Waals surface area contributed by atoms with Gasteiger partial charge in [-0.3, -0.25) is 18.9 Å². The van der Waals surface area contributed by atoms with Crippen molar-refractivity contribution in [1.82, 2.24) is 14.3 Å². The normalized spacial score (nSPS) is 27.2. The van der Waals surface area contributed by atoms with Crippen LogP contribution < -0.4 is 5.56 Å². The van der Waals surface area contributed by atoms with Crippen molar-refractivity contribution in [1.29, 1.82) is 0 Å². The summed E-state index contributed by atoms with van der Waals surface area (Å²) in [5.41, 5.74) is 1.14. The average molecular weight is 327 g/mol. The number of aliphatic carboxylic acids is 1. The highest BCUT2D eigenvalue weighted by Gasteiger charge is 2.45. The number of hydrogen-bond donors (Lipinski definition) is 1. The van der Waals surface area contributed by atoms with Crippen molar-refractivity contribution >= 4 is 11.6 Å². The van der Waals surface area contributed by atoms with Crippen LogP contribution in [0, 0.1) is 5.92 Å². The number of aromatic nitrogens is 2. The van der Waals surface area contributed by atoms with Crippen LogP contribution >= 0.6 is 0 Å². The summed E-state index contributed by atoms with van der Waals surface area (Å²) in [6, 6.07) is 6.81. The summed E-state index contributed by atoms with van der Waals surface area (Å²) in [4.78, 5) is 30.6. The average Bonchev–Trinajstić information content (AvgIpc) is 2.94. The topological polar surface area (TPSA) is 74.9 Å². The van der Waals surface area contributed by atoms with Crippen LogP contribution in [0.5, 0.6) is 0 Å². The van der Waals surface area contributed by atoms with E-state index in [-0.39, 0.29) is 5.56 Å². The second kappa shape index (κ2) is 6.02. The first-order valence-corrected chi connectivity index (χ1v) is 8.59. The van der Waals surface area contributed by atoms with Gasteiger partial charge < -0.3 is 5.11 Å². The summed E-state index contributed by atoms with van der Waals surface area (Å²) in [5, 5.41) is 9.61. The minimum atomic E-state index is -0.762. The third-order valence-corrected chi connectivity index (χ3v) is 5.47. The van der Waals surface area contributed by atoms with Crippen molar-refractivity contribution in [2.45, 2.75) is 50.7 Å². The van der Waals surface area contributed by atoms with Gasteiger partial charge in [-0.1, -0.05) is 18.9 Å². The van der Waals surface area contributed by atoms with Crippen molar-refractivity contribution in [2.75, 3.05) is 0 Å². The third kappa shape index (κ3) is 2.60. The monoisotopic (exact) mass is 327 g/mol. The summed E-state index contributed by atoms with van der Waals surface area (Å²) in [6.45, 7) is 0.429. The lowest BCUT2D eigenvalue weighted by molar-refractivity contribution is -0.142. The molecule has 6 nitrogen and oxygen atoms in total. The molecular formula is C18H21N3O3. The van der Waals surface area contributed by atoms with Gasteiger partial charge in [0.1, 0.15) is 11.7 Å². The van der Waals surface area contributed by atoms with Crippen LogP contribution in [-0.2, 0) is 11.3 Å². The Morgan fingerprint density at radius 3 is 2.96 bits per heavy atom. The minimum absolute atomic E-state index is 0.123. The van der Waals surface area contributed by atoms with Crippen molar-refractivity contribution in [3.8, 4) is 0 Å². The van der Waals surface area contributed by atoms with Crippen LogP contribution in [0.2, 0.25) is 0 Å². The highest BCUT2D eigenvalue weighted by Crippen LogP contribution is 2.40. The van der Waals surface area contributed by atoms with Crippen molar-refractivity contribution in [3.63, 3.8) is 0 Å². The third-order valence-electron chi connectivity index (χ3n) is 5.47. The number of fused-ring (bicyclic) bond motifs is 2. The van der Waals surface area contributed by atoms with Crippen LogP contribution in [-0.4, -0.2) is 37.4 Å². The fourth-order valence-electron chi connectivity index (χ4n) is 4.39. The Morgan fingerprint density at radius 2 is 2.12 bits per heavy atom. The van der Waals surface area contributed by atoms with Gasteiger partial charge in [-0.25, -0.2) is 4.98 Å². The minimum Gasteiger partial charge on any atom is -0.480 e. The van der Waals surface area contributed by atoms with E-state index in [2.05, 4.69) is 9.88 Å². The lowest BCUT2D eigenvalue weighted by Crippen LogP contribution is -2.42. The molecule has 0 spiro atoms. The second-order valence-electron chi connectivity index (χ2n) is 6.89. The smallest absolute Gasteiger partial charge is 0.320 e. The maximum Gasteiger partial charge on any atom is 0.320 e. The number of hydrogen-bond acceptors (Lipinski definition) is 4. The molecule has 0 amide bonds. The van der Waals surface area contributed by atoms with E-state index in [0.29, 0.717) is 36.3 Å². The molecule has 0 unspecified atom stereocenters. The zero-order valence-corrected chi connectivity index (χ0v) is 13.5. The van der Waals surface area contributed by atoms with Gasteiger partial charge in [0.2, 0.25) is 0 Å². The Kier molecular flexibility index (Phi) is 3.84. The lowest BCUT2D eigenvalue weighted by Gasteiger charge is -2.32. The molecule has 3 atom stereocenters. The van der Waals surface area contributed by atoms with Gasteiger partial charge in [-0.2, -0.15) is 0 Å². The molecule has 6 heteroatoms. The molecule has 2 fully saturated rings. The summed E-state index contributed by atoms with van der Waals surface area (Å²) in [6.07, 6.45) is 6.91. The molecule has 1 aliphatic carbocycles. The van der Waals surface area contributed by atoms with Crippen molar-refractivity contribution in [3.05, 3.63) is 46.5 Å². The van der Waals surface area contributed by atoms with Crippen LogP contribution in [0.4, 0.5) is 0 Å². The largest absolute Gasteiger partial charge is 0.480 e. The number of rotatable bonds is 3. The molecule has 126 valence electrons. The quantitative estimate of drug-likeness (QED) is 0.932. The van der Waals surface area contributed by atoms with Gasteiger partial charge in [0.05, 0.1) is 5.69 Å². The standard InChI is InChI=1S/C18H21N3O3/c22-17-10-13(19-16-7-3-4-8-20(16)17)11-21-14-6-2-1-5-12(14)9-15(21)18(23)24/h3-4,7-8,10,12,14-15H,1-2,5-6,9,11H2,(H,23,24)/t12-,14+,15+/m1/s1. The van der Waals surface area contributed by atoms with Crippen LogP contribution in [0.1, 0.15) is 37.8 Å². The van der Waals surface area contributed by atoms with Gasteiger partial charge in [-0.15, -0.1) is 0 Å². The van der Waals surface area contributed by atoms with Crippen molar-refractivity contribution < 1.29 is 9.90 Å². The first kappa shape index (κ1) is 15.3. The van der Waals surface area contributed by atoms with Crippen LogP contribution in [0.25, 0.3) is 5.65 Å². The van der Waals surface area contributed by atoms with E-state index in [1.807, 2.05) is 6.07 Å². The molecular weight excluding hydrogens is 306 g/mol. The molecule has 2 aliphatic rings. The molecule has 24 heavy (non-hydrogen) atoms. The summed E-state index contributed by atoms with van der Waals surface area (Å²) in [5.74, 6) is -0.302. The van der Waals surface area contributed by atoms with Gasteiger partial charge in [0.25, 0.3) is 5.56 Å². The number of pyridine rings is 1. The SMILES string of the molecule is O=C(O)[C@@H]1C[C@H]2CCCC[C@@H]2N1Cc1cc(=O)n2ccccc2n1. The Hall–Kier alpha value is -2.21. The highest BCUT2D eigenvalue weighted by molar-refractivity contribution is 5.74. The van der Waals surface area contributed by atoms with E-state index in [4.69, 9.17) is 0 Å². The van der Waals surface area contributed by atoms with E-state index in [0.717, 1.165) is 19.3 Å². The maximum atomic E-state index is 12.3. The van der Waals surface area contributed by atoms with Crippen molar-refractivity contribution in [2.24, 2.45) is 5.92 Å². The Bertz CT molecular complexity index is 832. The van der Waals surface area contributed by atoms with Gasteiger partial charge in [0, 0.05) is 24.8 Å². The van der Waals surface area contributed by atoms with E-state index >= 15 is 0 Å². The number of nitrogens with zero attached hydrogens (tertiary/aromatic N) is 3. The Labute approximate surface area is 139 Å². The predicted molar refractivity (Wildman–Crippen MR) is 88.8 cm³/mol. The Balaban J connectivity index is 1.67. The summed E-state index contributed by atoms with van der Waals surface area (Å²) >= 11 is 0. The Morgan fingerprint density at radius 1 is 1.29 bits per heavy atom. The molecule has 2 aromatic rings. The maximum absolute atomic E-state index is 12.3. The summed E-state index contributed by atoms with van der Waals surface area (Å²) in [7, 11) is 0. The molecule has 0 radical (unpaired) electrons. The second-order valence-corrected chi connectivity index (χ2v) is 6.89. The van der Waals surface area contributed by atoms with Gasteiger partial charge in [0.15, 0.2) is 0 Å². The number of likely N-dealkylation sites (tertiary alicyclic amines) is 1. The number of carboxylic acids is 1. The lowest BCUT2D eigenvalue weighted by atomic mass is 9.85. The van der Waals surface area contributed by atoms with E-state index in [1.165, 1.54) is 16.9 Å². The zero-order valence-electron chi connectivity index (χ0n) is 13.5. The molecule has 0 bridgehead atoms. The molecule has 1 N–H and O–H groups in total. The predicted octanol–water partition coefficient (Wildman–Crippen LogP) is 1.91. The fourth-order valence-corrected chi connectivity index (χ4v) is 4.39. The first-order chi connectivity index (χ1) is 11.6. The first-order valence-electron chi connectivity index (χ1n) is 8.59. The zero-order chi connectivity index (χ0) is 16.7. The van der Waals surface area contributed by atoms with E-state index in [1.54, 1.807) is 18.3 Å². The molecule has 0 aromatic carbocycles. The van der Waals surface area contributed by atoms with Gasteiger partial charge in [-0.05, 0) is 37.3 Å². The van der Waals surface area contributed by atoms with Crippen LogP contribution in [0.15, 0.2) is 35.3 Å². The number of carbonyl (C=O) groups is 1. The molecule has 4 rings (SSSR count). The highest BCUT2D eigenvalue weighted by atomic mass is 16.4. The molecule has 1 saturated carbocycles. The fraction of sp³-hybridized carbons (Fsp3) is 0.500. The van der Waals surface area contributed by atoms with Gasteiger partial charge >= 0.3 is 5.97 Å². The molecule has 2 aromatic heterocycles.